The summed E-state index contributed by atoms with van der Waals surface area (Å²) in [7, 11) is 0. The van der Waals surface area contributed by atoms with E-state index in [1.165, 1.54) is 0 Å². The van der Waals surface area contributed by atoms with Crippen LogP contribution in [0.5, 0.6) is 0 Å². The number of hydrogen-bond acceptors (Lipinski definition) is 1. The fourth-order valence-corrected chi connectivity index (χ4v) is 0.229. The van der Waals surface area contributed by atoms with E-state index in [0.717, 1.165) is 0 Å². The molecule has 0 heterocycles. The van der Waals surface area contributed by atoms with Crippen LogP contribution in [0.2, 0.25) is 0 Å². The summed E-state index contributed by atoms with van der Waals surface area (Å²) in [5.74, 6) is 0. The molecule has 1 unspecified atom stereocenters. The van der Waals surface area contributed by atoms with Crippen LogP contribution in [-0.4, -0.2) is 20.4 Å². The van der Waals surface area contributed by atoms with E-state index in [0.29, 0.717) is 0 Å². The van der Waals surface area contributed by atoms with E-state index in [2.05, 4.69) is 0 Å². The third kappa shape index (κ3) is 1.90. The second-order valence-corrected chi connectivity index (χ2v) is 2.15. The summed E-state index contributed by atoms with van der Waals surface area (Å²) in [6, 6.07) is 0. The van der Waals surface area contributed by atoms with Crippen molar-refractivity contribution in [3.05, 3.63) is 0 Å². The van der Waals surface area contributed by atoms with E-state index >= 15 is 0 Å². The van der Waals surface area contributed by atoms with Crippen molar-refractivity contribution in [2.45, 2.75) is 11.7 Å². The van der Waals surface area contributed by atoms with E-state index in [-0.39, 0.29) is 0 Å². The first-order valence-electron chi connectivity index (χ1n) is 1.66. The lowest BCUT2D eigenvalue weighted by Gasteiger charge is -2.08. The molecule has 0 aliphatic heterocycles. The normalized spacial score (nSPS) is 16.2. The van der Waals surface area contributed by atoms with Crippen LogP contribution >= 0.6 is 0 Å². The second kappa shape index (κ2) is 2.61. The molecule has 0 aliphatic rings. The van der Waals surface area contributed by atoms with E-state index in [9.17, 15) is 21.8 Å². The molecule has 0 spiro atoms. The standard InChI is InChI=1S/C2H2F4O2S/c3-1(4)2(5,6)9(7)8/h1H,(H,7,8). The highest BCUT2D eigenvalue weighted by Gasteiger charge is 2.47. The number of halogens is 4. The summed E-state index contributed by atoms with van der Waals surface area (Å²) in [4.78, 5) is 0. The second-order valence-electron chi connectivity index (χ2n) is 1.11. The topological polar surface area (TPSA) is 37.3 Å². The lowest BCUT2D eigenvalue weighted by atomic mass is 10.7. The van der Waals surface area contributed by atoms with Crippen LogP contribution < -0.4 is 0 Å². The SMILES string of the molecule is O=S(O)C(F)(F)C(F)F. The molecular formula is C2H2F4O2S. The molecule has 0 fully saturated rings. The summed E-state index contributed by atoms with van der Waals surface area (Å²) in [5.41, 5.74) is 0. The maximum Gasteiger partial charge on any atom is 0.403 e. The van der Waals surface area contributed by atoms with Gasteiger partial charge >= 0.3 is 11.7 Å². The van der Waals surface area contributed by atoms with Gasteiger partial charge in [-0.2, -0.15) is 8.78 Å². The van der Waals surface area contributed by atoms with Crippen LogP contribution in [0, 0.1) is 0 Å². The Morgan fingerprint density at radius 1 is 1.44 bits per heavy atom. The smallest absolute Gasteiger partial charge is 0.301 e. The van der Waals surface area contributed by atoms with E-state index in [4.69, 9.17) is 4.55 Å². The Bertz CT molecular complexity index is 124. The molecule has 0 aromatic rings. The molecule has 7 heteroatoms. The first-order chi connectivity index (χ1) is 3.89. The molecule has 0 radical (unpaired) electrons. The van der Waals surface area contributed by atoms with Crippen LogP contribution in [0.1, 0.15) is 0 Å². The lowest BCUT2D eigenvalue weighted by Crippen LogP contribution is -2.31. The predicted molar refractivity (Wildman–Crippen MR) is 21.7 cm³/mol. The monoisotopic (exact) mass is 166 g/mol. The molecule has 1 atom stereocenters. The molecule has 0 saturated carbocycles. The van der Waals surface area contributed by atoms with Crippen molar-refractivity contribution >= 4 is 11.1 Å². The third-order valence-corrected chi connectivity index (χ3v) is 1.13. The zero-order chi connectivity index (χ0) is 7.65. The Hall–Kier alpha value is -0.170. The van der Waals surface area contributed by atoms with Gasteiger partial charge in [-0.25, -0.2) is 13.0 Å². The average molecular weight is 166 g/mol. The predicted octanol–water partition coefficient (Wildman–Crippen LogP) is 1.07. The first kappa shape index (κ1) is 8.83. The van der Waals surface area contributed by atoms with Gasteiger partial charge in [-0.3, -0.25) is 0 Å². The van der Waals surface area contributed by atoms with Gasteiger partial charge < -0.3 is 4.55 Å². The van der Waals surface area contributed by atoms with Crippen molar-refractivity contribution in [1.29, 1.82) is 0 Å². The van der Waals surface area contributed by atoms with Gasteiger partial charge in [0.15, 0.2) is 0 Å². The Balaban J connectivity index is 4.19. The minimum Gasteiger partial charge on any atom is -0.301 e. The highest BCUT2D eigenvalue weighted by molar-refractivity contribution is 7.80. The maximum absolute atomic E-state index is 11.4. The minimum atomic E-state index is -4.81. The van der Waals surface area contributed by atoms with Crippen molar-refractivity contribution in [3.63, 3.8) is 0 Å². The van der Waals surface area contributed by atoms with Gasteiger partial charge in [-0.1, -0.05) is 0 Å². The van der Waals surface area contributed by atoms with Gasteiger partial charge in [0.1, 0.15) is 0 Å². The van der Waals surface area contributed by atoms with E-state index in [1.54, 1.807) is 0 Å². The fourth-order valence-electron chi connectivity index (χ4n) is 0.0762. The molecule has 0 aromatic carbocycles. The molecule has 0 saturated heterocycles. The van der Waals surface area contributed by atoms with Crippen LogP contribution in [0.25, 0.3) is 0 Å². The van der Waals surface area contributed by atoms with Gasteiger partial charge in [-0.15, -0.1) is 0 Å². The van der Waals surface area contributed by atoms with Crippen LogP contribution in [0.3, 0.4) is 0 Å². The maximum atomic E-state index is 11.4. The zero-order valence-corrected chi connectivity index (χ0v) is 4.67. The summed E-state index contributed by atoms with van der Waals surface area (Å²) >= 11 is -3.79. The molecule has 9 heavy (non-hydrogen) atoms. The Morgan fingerprint density at radius 3 is 1.78 bits per heavy atom. The molecule has 0 amide bonds. The molecule has 0 rings (SSSR count). The molecule has 1 N–H and O–H groups in total. The van der Waals surface area contributed by atoms with Gasteiger partial charge in [0, 0.05) is 0 Å². The summed E-state index contributed by atoms with van der Waals surface area (Å²) < 4.78 is 61.5. The van der Waals surface area contributed by atoms with Gasteiger partial charge in [-0.05, 0) is 0 Å². The fraction of sp³-hybridized carbons (Fsp3) is 1.00. The molecule has 0 bridgehead atoms. The number of rotatable bonds is 2. The lowest BCUT2D eigenvalue weighted by molar-refractivity contribution is -0.0643. The number of hydrogen-bond donors (Lipinski definition) is 1. The Morgan fingerprint density at radius 2 is 1.78 bits per heavy atom. The zero-order valence-electron chi connectivity index (χ0n) is 3.85. The van der Waals surface area contributed by atoms with Crippen molar-refractivity contribution in [2.75, 3.05) is 0 Å². The minimum absolute atomic E-state index is 3.79. The molecule has 2 nitrogen and oxygen atoms in total. The van der Waals surface area contributed by atoms with Crippen LogP contribution in [0.15, 0.2) is 0 Å². The molecule has 0 aromatic heterocycles. The van der Waals surface area contributed by atoms with E-state index < -0.39 is 22.8 Å². The van der Waals surface area contributed by atoms with Crippen molar-refractivity contribution in [1.82, 2.24) is 0 Å². The Labute approximate surface area is 50.1 Å². The summed E-state index contributed by atoms with van der Waals surface area (Å²) in [6.07, 6.45) is -4.09. The highest BCUT2D eigenvalue weighted by atomic mass is 32.2. The largest absolute Gasteiger partial charge is 0.403 e. The van der Waals surface area contributed by atoms with Gasteiger partial charge in [0.2, 0.25) is 11.1 Å². The first-order valence-corrected chi connectivity index (χ1v) is 2.76. The van der Waals surface area contributed by atoms with Gasteiger partial charge in [0.25, 0.3) is 0 Å². The Kier molecular flexibility index (Phi) is 2.56. The van der Waals surface area contributed by atoms with Gasteiger partial charge in [0.05, 0.1) is 0 Å². The summed E-state index contributed by atoms with van der Waals surface area (Å²) in [6.45, 7) is 0. The van der Waals surface area contributed by atoms with Crippen LogP contribution in [-0.2, 0) is 11.1 Å². The molecule has 0 aliphatic carbocycles. The van der Waals surface area contributed by atoms with Crippen molar-refractivity contribution in [3.8, 4) is 0 Å². The number of alkyl halides is 4. The van der Waals surface area contributed by atoms with Crippen molar-refractivity contribution < 1.29 is 26.3 Å². The van der Waals surface area contributed by atoms with Crippen LogP contribution in [0.4, 0.5) is 17.6 Å². The molecule has 56 valence electrons. The average Bonchev–Trinajstić information content (AvgIpc) is 1.65. The summed E-state index contributed by atoms with van der Waals surface area (Å²) in [5, 5.41) is -4.81. The third-order valence-electron chi connectivity index (χ3n) is 0.487. The van der Waals surface area contributed by atoms with E-state index in [1.807, 2.05) is 0 Å². The quantitative estimate of drug-likeness (QED) is 0.492. The molecular weight excluding hydrogens is 164 g/mol. The highest BCUT2D eigenvalue weighted by Crippen LogP contribution is 2.24. The van der Waals surface area contributed by atoms with Crippen molar-refractivity contribution in [2.24, 2.45) is 0 Å².